The van der Waals surface area contributed by atoms with Gasteiger partial charge in [-0.2, -0.15) is 5.10 Å². The number of aromatic nitrogens is 2. The maximum atomic E-state index is 12.5. The van der Waals surface area contributed by atoms with Crippen molar-refractivity contribution in [3.05, 3.63) is 41.1 Å². The molecule has 33 heavy (non-hydrogen) atoms. The van der Waals surface area contributed by atoms with E-state index in [1.807, 2.05) is 13.8 Å². The van der Waals surface area contributed by atoms with E-state index < -0.39 is 15.9 Å². The summed E-state index contributed by atoms with van der Waals surface area (Å²) in [5.41, 5.74) is 2.13. The Balaban J connectivity index is 1.56. The van der Waals surface area contributed by atoms with Gasteiger partial charge in [-0.05, 0) is 56.7 Å². The van der Waals surface area contributed by atoms with Crippen molar-refractivity contribution in [1.29, 1.82) is 0 Å². The van der Waals surface area contributed by atoms with E-state index in [0.717, 1.165) is 36.8 Å². The molecule has 1 aliphatic carbocycles. The first-order valence-corrected chi connectivity index (χ1v) is 13.1. The molecule has 0 bridgehead atoms. The summed E-state index contributed by atoms with van der Waals surface area (Å²) >= 11 is 0. The lowest BCUT2D eigenvalue weighted by Gasteiger charge is -2.16. The van der Waals surface area contributed by atoms with Gasteiger partial charge in [0, 0.05) is 30.0 Å². The molecule has 0 spiro atoms. The summed E-state index contributed by atoms with van der Waals surface area (Å²) in [5, 5.41) is 12.7. The number of hydrogen-bond donors (Lipinski definition) is 3. The number of amides is 2. The second kappa shape index (κ2) is 10.4. The van der Waals surface area contributed by atoms with Crippen molar-refractivity contribution < 1.29 is 22.7 Å². The topological polar surface area (TPSA) is 130 Å². The molecule has 2 aromatic rings. The Morgan fingerprint density at radius 3 is 2.73 bits per heavy atom. The minimum absolute atomic E-state index is 0.0712. The van der Waals surface area contributed by atoms with Crippen LogP contribution in [0.25, 0.3) is 0 Å². The Labute approximate surface area is 194 Å². The molecule has 2 amide bonds. The molecule has 3 N–H and O–H groups in total. The number of hydrogen-bond acceptors (Lipinski definition) is 6. The van der Waals surface area contributed by atoms with Crippen LogP contribution in [0.3, 0.4) is 0 Å². The van der Waals surface area contributed by atoms with E-state index in [-0.39, 0.29) is 35.3 Å². The number of rotatable bonds is 8. The van der Waals surface area contributed by atoms with Crippen molar-refractivity contribution in [1.82, 2.24) is 15.5 Å². The summed E-state index contributed by atoms with van der Waals surface area (Å²) in [7, 11) is -3.45. The lowest BCUT2D eigenvalue weighted by molar-refractivity contribution is -0.115. The van der Waals surface area contributed by atoms with Crippen molar-refractivity contribution >= 4 is 27.7 Å². The van der Waals surface area contributed by atoms with Crippen LogP contribution in [0.2, 0.25) is 0 Å². The molecule has 1 aromatic heterocycles. The van der Waals surface area contributed by atoms with Gasteiger partial charge >= 0.3 is 6.09 Å². The molecule has 10 heteroatoms. The van der Waals surface area contributed by atoms with E-state index in [0.29, 0.717) is 17.8 Å². The van der Waals surface area contributed by atoms with Crippen LogP contribution in [-0.2, 0) is 25.8 Å². The number of aryl methyl sites for hydroxylation is 1. The van der Waals surface area contributed by atoms with Crippen LogP contribution in [0.5, 0.6) is 0 Å². The molecule has 1 saturated carbocycles. The van der Waals surface area contributed by atoms with E-state index in [9.17, 15) is 18.0 Å². The minimum atomic E-state index is -3.45. The Morgan fingerprint density at radius 1 is 1.27 bits per heavy atom. The summed E-state index contributed by atoms with van der Waals surface area (Å²) in [5.74, 6) is 0.177. The van der Waals surface area contributed by atoms with Gasteiger partial charge in [-0.15, -0.1) is 0 Å². The standard InChI is InChI=1S/C23H32N4O5S/c1-5-15(3)24-23(29)32-18-9-8-16(11-18)19-13-21(27-26-19)25-22(28)12-17-7-6-14(2)10-20(17)33(4,30)31/h6-7,10,13,15-16,18H,5,8-9,11-12H2,1-4H3,(H,24,29)(H2,25,26,27,28)/t15-,16-,18+/m0/s1. The second-order valence-corrected chi connectivity index (χ2v) is 10.8. The van der Waals surface area contributed by atoms with Gasteiger partial charge in [0.2, 0.25) is 5.91 Å². The van der Waals surface area contributed by atoms with E-state index >= 15 is 0 Å². The SMILES string of the molecule is CC[C@H](C)NC(=O)O[C@@H]1CC[C@H](c2cc(NC(=O)Cc3ccc(C)cc3S(C)(=O)=O)n[nH]2)C1. The lowest BCUT2D eigenvalue weighted by atomic mass is 10.0. The summed E-state index contributed by atoms with van der Waals surface area (Å²) in [6, 6.07) is 6.87. The highest BCUT2D eigenvalue weighted by Gasteiger charge is 2.30. The van der Waals surface area contributed by atoms with Gasteiger partial charge in [0.1, 0.15) is 6.10 Å². The highest BCUT2D eigenvalue weighted by molar-refractivity contribution is 7.90. The van der Waals surface area contributed by atoms with Gasteiger partial charge in [-0.25, -0.2) is 13.2 Å². The largest absolute Gasteiger partial charge is 0.446 e. The number of anilines is 1. The third kappa shape index (κ3) is 6.80. The maximum Gasteiger partial charge on any atom is 0.407 e. The van der Waals surface area contributed by atoms with E-state index in [2.05, 4.69) is 20.8 Å². The van der Waals surface area contributed by atoms with Gasteiger partial charge in [-0.1, -0.05) is 19.1 Å². The summed E-state index contributed by atoms with van der Waals surface area (Å²) in [6.45, 7) is 5.73. The van der Waals surface area contributed by atoms with Crippen molar-refractivity contribution in [2.75, 3.05) is 11.6 Å². The predicted octanol–water partition coefficient (Wildman–Crippen LogP) is 3.46. The van der Waals surface area contributed by atoms with Gasteiger partial charge in [0.05, 0.1) is 11.3 Å². The molecule has 3 rings (SSSR count). The normalized spacial score (nSPS) is 19.2. The zero-order valence-corrected chi connectivity index (χ0v) is 20.3. The highest BCUT2D eigenvalue weighted by atomic mass is 32.2. The average Bonchev–Trinajstić information content (AvgIpc) is 3.37. The smallest absolute Gasteiger partial charge is 0.407 e. The average molecular weight is 477 g/mol. The van der Waals surface area contributed by atoms with Crippen LogP contribution in [0.15, 0.2) is 29.2 Å². The van der Waals surface area contributed by atoms with Gasteiger partial charge in [-0.3, -0.25) is 9.89 Å². The third-order valence-corrected chi connectivity index (χ3v) is 7.09. The van der Waals surface area contributed by atoms with E-state index in [1.165, 1.54) is 0 Å². The number of nitrogens with zero attached hydrogens (tertiary/aromatic N) is 1. The second-order valence-electron chi connectivity index (χ2n) is 8.81. The predicted molar refractivity (Wildman–Crippen MR) is 125 cm³/mol. The molecular weight excluding hydrogens is 444 g/mol. The molecule has 1 aromatic carbocycles. The Hall–Kier alpha value is -2.88. The molecule has 1 aliphatic rings. The van der Waals surface area contributed by atoms with Gasteiger partial charge in [0.25, 0.3) is 0 Å². The van der Waals surface area contributed by atoms with Gasteiger partial charge in [0.15, 0.2) is 15.7 Å². The Morgan fingerprint density at radius 2 is 2.03 bits per heavy atom. The van der Waals surface area contributed by atoms with Crippen LogP contribution in [-0.4, -0.2) is 49.0 Å². The monoisotopic (exact) mass is 476 g/mol. The van der Waals surface area contributed by atoms with Crippen LogP contribution in [0, 0.1) is 6.92 Å². The van der Waals surface area contributed by atoms with E-state index in [4.69, 9.17) is 4.74 Å². The quantitative estimate of drug-likeness (QED) is 0.535. The number of carbonyl (C=O) groups is 2. The number of carbonyl (C=O) groups excluding carboxylic acids is 2. The molecule has 0 aliphatic heterocycles. The first-order valence-electron chi connectivity index (χ1n) is 11.2. The van der Waals surface area contributed by atoms with Crippen molar-refractivity contribution in [2.24, 2.45) is 0 Å². The van der Waals surface area contributed by atoms with Crippen LogP contribution in [0.4, 0.5) is 10.6 Å². The molecule has 1 heterocycles. The van der Waals surface area contributed by atoms with Crippen LogP contribution < -0.4 is 10.6 Å². The van der Waals surface area contributed by atoms with E-state index in [1.54, 1.807) is 31.2 Å². The van der Waals surface area contributed by atoms with Crippen LogP contribution in [0.1, 0.15) is 62.3 Å². The molecular formula is C23H32N4O5S. The number of alkyl carbamates (subject to hydrolysis) is 1. The molecule has 180 valence electrons. The number of nitrogens with one attached hydrogen (secondary N) is 3. The number of sulfone groups is 1. The fourth-order valence-corrected chi connectivity index (χ4v) is 4.96. The van der Waals surface area contributed by atoms with Crippen molar-refractivity contribution in [3.63, 3.8) is 0 Å². The fourth-order valence-electron chi connectivity index (χ4n) is 3.94. The Bertz CT molecular complexity index is 1110. The zero-order chi connectivity index (χ0) is 24.2. The first-order chi connectivity index (χ1) is 15.5. The van der Waals surface area contributed by atoms with Crippen molar-refractivity contribution in [2.45, 2.75) is 75.8 Å². The minimum Gasteiger partial charge on any atom is -0.446 e. The molecule has 9 nitrogen and oxygen atoms in total. The Kier molecular flexibility index (Phi) is 7.78. The molecule has 0 unspecified atom stereocenters. The molecule has 3 atom stereocenters. The molecule has 1 fully saturated rings. The number of H-pyrrole nitrogens is 1. The van der Waals surface area contributed by atoms with Crippen LogP contribution >= 0.6 is 0 Å². The van der Waals surface area contributed by atoms with Gasteiger partial charge < -0.3 is 15.4 Å². The first kappa shape index (κ1) is 24.8. The summed E-state index contributed by atoms with van der Waals surface area (Å²) in [4.78, 5) is 24.7. The van der Waals surface area contributed by atoms with Crippen molar-refractivity contribution in [3.8, 4) is 0 Å². The maximum absolute atomic E-state index is 12.5. The molecule has 0 radical (unpaired) electrons. The lowest BCUT2D eigenvalue weighted by Crippen LogP contribution is -2.34. The highest BCUT2D eigenvalue weighted by Crippen LogP contribution is 2.35. The third-order valence-electron chi connectivity index (χ3n) is 5.91. The number of aromatic amines is 1. The summed E-state index contributed by atoms with van der Waals surface area (Å²) in [6.07, 6.45) is 3.65. The summed E-state index contributed by atoms with van der Waals surface area (Å²) < 4.78 is 29.7. The fraction of sp³-hybridized carbons (Fsp3) is 0.522. The number of ether oxygens (including phenoxy) is 1. The number of benzene rings is 1. The zero-order valence-electron chi connectivity index (χ0n) is 19.5. The molecule has 0 saturated heterocycles.